The second kappa shape index (κ2) is 23.8. The Morgan fingerprint density at radius 2 is 0.912 bits per heavy atom. The molecule has 1 heterocycles. The van der Waals surface area contributed by atoms with Gasteiger partial charge >= 0.3 is 5.97 Å². The van der Waals surface area contributed by atoms with Crippen LogP contribution in [0.4, 0.5) is 0 Å². The summed E-state index contributed by atoms with van der Waals surface area (Å²) in [4.78, 5) is 33.4. The quantitative estimate of drug-likeness (QED) is 0.0667. The van der Waals surface area contributed by atoms with Gasteiger partial charge < -0.3 is 33.7 Å². The Morgan fingerprint density at radius 1 is 0.515 bits per heavy atom. The summed E-state index contributed by atoms with van der Waals surface area (Å²) in [6, 6.07) is 59.5. The van der Waals surface area contributed by atoms with Gasteiger partial charge in [0, 0.05) is 26.2 Å². The van der Waals surface area contributed by atoms with Gasteiger partial charge in [0.1, 0.15) is 18.8 Å². The Balaban J connectivity index is 1.28. The van der Waals surface area contributed by atoms with Crippen LogP contribution in [0.15, 0.2) is 182 Å². The molecule has 1 N–H and O–H groups in total. The highest BCUT2D eigenvalue weighted by atomic mass is 16.6. The maximum Gasteiger partial charge on any atom is 0.311 e. The lowest BCUT2D eigenvalue weighted by Gasteiger charge is -2.47. The van der Waals surface area contributed by atoms with Crippen molar-refractivity contribution >= 4 is 11.9 Å². The summed E-state index contributed by atoms with van der Waals surface area (Å²) in [5.41, 5.74) is 2.29. The van der Waals surface area contributed by atoms with Crippen molar-refractivity contribution in [1.29, 1.82) is 0 Å². The number of hydrogen-bond donors (Lipinski definition) is 1. The molecule has 7 rings (SSSR count). The van der Waals surface area contributed by atoms with Crippen LogP contribution in [-0.4, -0.2) is 90.1 Å². The smallest absolute Gasteiger partial charge is 0.311 e. The normalized spacial score (nSPS) is 15.8. The third kappa shape index (κ3) is 13.2. The summed E-state index contributed by atoms with van der Waals surface area (Å²) in [5, 5.41) is 13.3. The van der Waals surface area contributed by atoms with E-state index in [1.165, 1.54) is 0 Å². The summed E-state index contributed by atoms with van der Waals surface area (Å²) >= 11 is 0. The molecule has 1 aliphatic rings. The van der Waals surface area contributed by atoms with Gasteiger partial charge in [-0.3, -0.25) is 14.5 Å². The van der Waals surface area contributed by atoms with Crippen molar-refractivity contribution in [2.24, 2.45) is 5.41 Å². The van der Waals surface area contributed by atoms with Crippen LogP contribution in [0.25, 0.3) is 0 Å². The van der Waals surface area contributed by atoms with Gasteiger partial charge in [-0.1, -0.05) is 182 Å². The van der Waals surface area contributed by atoms with Gasteiger partial charge in [-0.25, -0.2) is 0 Å². The molecule has 356 valence electrons. The average Bonchev–Trinajstić information content (AvgIpc) is 3.38. The minimum absolute atomic E-state index is 0.0285. The molecule has 6 aromatic carbocycles. The highest BCUT2D eigenvalue weighted by Crippen LogP contribution is 2.37. The first-order valence-electron chi connectivity index (χ1n) is 23.6. The average molecular weight is 919 g/mol. The van der Waals surface area contributed by atoms with Crippen molar-refractivity contribution in [3.8, 4) is 0 Å². The van der Waals surface area contributed by atoms with Crippen LogP contribution in [0, 0.1) is 5.41 Å². The zero-order chi connectivity index (χ0) is 47.8. The number of amides is 1. The van der Waals surface area contributed by atoms with Crippen molar-refractivity contribution in [2.45, 2.75) is 83.6 Å². The first-order valence-corrected chi connectivity index (χ1v) is 23.6. The molecule has 0 unspecified atom stereocenters. The van der Waals surface area contributed by atoms with E-state index in [2.05, 4.69) is 60.4 Å². The van der Waals surface area contributed by atoms with E-state index < -0.39 is 47.4 Å². The maximum atomic E-state index is 15.6. The molecule has 68 heavy (non-hydrogen) atoms. The molecule has 1 fully saturated rings. The fourth-order valence-corrected chi connectivity index (χ4v) is 8.63. The van der Waals surface area contributed by atoms with E-state index in [0.717, 1.165) is 33.4 Å². The van der Waals surface area contributed by atoms with Gasteiger partial charge in [0.2, 0.25) is 0 Å². The first kappa shape index (κ1) is 49.9. The highest BCUT2D eigenvalue weighted by Gasteiger charge is 2.51. The van der Waals surface area contributed by atoms with Gasteiger partial charge in [-0.2, -0.15) is 0 Å². The Kier molecular flexibility index (Phi) is 17.5. The van der Waals surface area contributed by atoms with Crippen LogP contribution in [0.1, 0.15) is 61.1 Å². The topological polar surface area (TPSA) is 107 Å². The number of nitrogens with zero attached hydrogens (tertiary/aromatic N) is 2. The molecule has 1 saturated heterocycles. The molecule has 0 saturated carbocycles. The highest BCUT2D eigenvalue weighted by molar-refractivity contribution is 5.82. The Morgan fingerprint density at radius 3 is 1.35 bits per heavy atom. The van der Waals surface area contributed by atoms with Crippen molar-refractivity contribution in [3.63, 3.8) is 0 Å². The minimum Gasteiger partial charge on any atom is -0.462 e. The molecule has 0 radical (unpaired) electrons. The monoisotopic (exact) mass is 918 g/mol. The molecule has 0 bridgehead atoms. The molecule has 10 heteroatoms. The van der Waals surface area contributed by atoms with E-state index in [-0.39, 0.29) is 38.9 Å². The fourth-order valence-electron chi connectivity index (χ4n) is 8.63. The van der Waals surface area contributed by atoms with Gasteiger partial charge in [0.25, 0.3) is 5.91 Å². The second-order valence-electron chi connectivity index (χ2n) is 18.7. The minimum atomic E-state index is -2.06. The lowest BCUT2D eigenvalue weighted by molar-refractivity contribution is -0.237. The molecular weight excluding hydrogens is 853 g/mol. The van der Waals surface area contributed by atoms with E-state index in [1.54, 1.807) is 20.8 Å². The third-order valence-corrected chi connectivity index (χ3v) is 12.6. The van der Waals surface area contributed by atoms with Crippen LogP contribution in [-0.2, 0) is 65.2 Å². The van der Waals surface area contributed by atoms with Crippen LogP contribution < -0.4 is 0 Å². The van der Waals surface area contributed by atoms with Crippen LogP contribution in [0.5, 0.6) is 0 Å². The largest absolute Gasteiger partial charge is 0.462 e. The zero-order valence-corrected chi connectivity index (χ0v) is 39.8. The number of carbonyl (C=O) groups excluding carboxylic acids is 2. The van der Waals surface area contributed by atoms with Crippen LogP contribution in [0.2, 0.25) is 0 Å². The summed E-state index contributed by atoms with van der Waals surface area (Å²) in [6.45, 7) is 8.89. The van der Waals surface area contributed by atoms with E-state index in [0.29, 0.717) is 26.2 Å². The number of rotatable bonds is 22. The summed E-state index contributed by atoms with van der Waals surface area (Å²) < 4.78 is 33.0. The van der Waals surface area contributed by atoms with E-state index in [4.69, 9.17) is 23.7 Å². The number of piperazine rings is 1. The molecule has 10 nitrogen and oxygen atoms in total. The number of esters is 1. The van der Waals surface area contributed by atoms with E-state index >= 15 is 4.79 Å². The SMILES string of the molecule is CC(C)(C)C(=O)OC[C@](O)(COCc1ccccc1)[C@@H](OCc1ccccc1)[C@H](OCc1ccccc1)[C@@H](OCc1ccccc1)C(=O)N1CCN(C(C)(c2ccccc2)c2ccccc2)CC1. The molecule has 6 aromatic rings. The predicted octanol–water partition coefficient (Wildman–Crippen LogP) is 9.39. The van der Waals surface area contributed by atoms with Crippen molar-refractivity contribution < 1.29 is 38.4 Å². The molecule has 0 aliphatic carbocycles. The number of aliphatic hydroxyl groups is 1. The van der Waals surface area contributed by atoms with Crippen molar-refractivity contribution in [3.05, 3.63) is 215 Å². The number of hydrogen-bond acceptors (Lipinski definition) is 9. The number of benzene rings is 6. The van der Waals surface area contributed by atoms with E-state index in [1.807, 2.05) is 138 Å². The Labute approximate surface area is 402 Å². The van der Waals surface area contributed by atoms with Gasteiger partial charge in [-0.15, -0.1) is 0 Å². The summed E-state index contributed by atoms with van der Waals surface area (Å²) in [7, 11) is 0. The van der Waals surface area contributed by atoms with E-state index in [9.17, 15) is 9.90 Å². The van der Waals surface area contributed by atoms with Crippen LogP contribution in [0.3, 0.4) is 0 Å². The lowest BCUT2D eigenvalue weighted by atomic mass is 9.82. The molecule has 1 amide bonds. The predicted molar refractivity (Wildman–Crippen MR) is 264 cm³/mol. The Bertz CT molecular complexity index is 2370. The van der Waals surface area contributed by atoms with Crippen molar-refractivity contribution in [2.75, 3.05) is 39.4 Å². The standard InChI is InChI=1S/C58H66N2O8/c1-56(2,3)55(62)68-44-58(63,43-64-39-45-23-11-5-12-24-45)53(67-42-48-29-17-8-18-30-48)51(65-40-46-25-13-6-14-26-46)52(66-41-47-27-15-7-16-28-47)54(61)59-35-37-60(38-36-59)57(4,49-31-19-9-20-32-49)50-33-21-10-22-34-50/h5-34,51-53,63H,35-44H2,1-4H3/t51-,52-,53+,58-/m1/s1. The lowest BCUT2D eigenvalue weighted by Crippen LogP contribution is -2.64. The first-order chi connectivity index (χ1) is 32.9. The number of ether oxygens (including phenoxy) is 5. The summed E-state index contributed by atoms with van der Waals surface area (Å²) in [5.74, 6) is -0.835. The zero-order valence-electron chi connectivity index (χ0n) is 39.8. The molecule has 4 atom stereocenters. The fraction of sp³-hybridized carbons (Fsp3) is 0.345. The molecule has 1 aliphatic heterocycles. The Hall–Kier alpha value is -5.98. The third-order valence-electron chi connectivity index (χ3n) is 12.6. The van der Waals surface area contributed by atoms with Gasteiger partial charge in [0.05, 0.1) is 44.0 Å². The molecular formula is C58H66N2O8. The molecule has 0 spiro atoms. The summed E-state index contributed by atoms with van der Waals surface area (Å²) in [6.07, 6.45) is -3.91. The maximum absolute atomic E-state index is 15.6. The molecule has 0 aromatic heterocycles. The van der Waals surface area contributed by atoms with Gasteiger partial charge in [-0.05, 0) is 61.1 Å². The van der Waals surface area contributed by atoms with Crippen LogP contribution >= 0.6 is 0 Å². The van der Waals surface area contributed by atoms with Gasteiger partial charge in [0.15, 0.2) is 11.7 Å². The second-order valence-corrected chi connectivity index (χ2v) is 18.7. The number of carbonyl (C=O) groups is 2. The van der Waals surface area contributed by atoms with Crippen molar-refractivity contribution in [1.82, 2.24) is 9.80 Å².